The average Bonchev–Trinajstić information content (AvgIpc) is 3.33. The molecule has 34 heavy (non-hydrogen) atoms. The van der Waals surface area contributed by atoms with Gasteiger partial charge in [0, 0.05) is 10.0 Å². The van der Waals surface area contributed by atoms with Crippen molar-refractivity contribution in [1.29, 1.82) is 0 Å². The topological polar surface area (TPSA) is 70.5 Å². The number of halogens is 2. The third-order valence-corrected chi connectivity index (χ3v) is 7.30. The monoisotopic (exact) mass is 536 g/mol. The summed E-state index contributed by atoms with van der Waals surface area (Å²) < 4.78 is 15.2. The van der Waals surface area contributed by atoms with E-state index in [0.717, 1.165) is 25.8 Å². The Hall–Kier alpha value is -3.36. The van der Waals surface area contributed by atoms with Crippen LogP contribution in [0.1, 0.15) is 28.3 Å². The second-order valence-electron chi connectivity index (χ2n) is 8.15. The number of benzene rings is 3. The molecule has 1 amide bonds. The van der Waals surface area contributed by atoms with Crippen LogP contribution in [0.4, 0.5) is 9.52 Å². The largest absolute Gasteiger partial charge is 0.507 e. The number of ketones is 1. The zero-order valence-corrected chi connectivity index (χ0v) is 20.6. The molecule has 8 heteroatoms. The van der Waals surface area contributed by atoms with Gasteiger partial charge in [-0.1, -0.05) is 45.5 Å². The van der Waals surface area contributed by atoms with E-state index in [1.807, 2.05) is 26.0 Å². The summed E-state index contributed by atoms with van der Waals surface area (Å²) in [5, 5.41) is 11.5. The van der Waals surface area contributed by atoms with Crippen LogP contribution in [0.2, 0.25) is 0 Å². The van der Waals surface area contributed by atoms with E-state index in [9.17, 15) is 19.1 Å². The number of hydrogen-bond acceptors (Lipinski definition) is 5. The molecular formula is C26H18BrFN2O3S. The minimum Gasteiger partial charge on any atom is -0.507 e. The molecule has 1 aliphatic heterocycles. The summed E-state index contributed by atoms with van der Waals surface area (Å²) in [6.45, 7) is 3.94. The van der Waals surface area contributed by atoms with Crippen molar-refractivity contribution in [3.05, 3.63) is 98.8 Å². The van der Waals surface area contributed by atoms with Crippen LogP contribution < -0.4 is 4.90 Å². The Labute approximate surface area is 207 Å². The van der Waals surface area contributed by atoms with Gasteiger partial charge in [0.25, 0.3) is 5.78 Å². The third-order valence-electron chi connectivity index (χ3n) is 5.77. The fraction of sp³-hybridized carbons (Fsp3) is 0.115. The molecule has 1 N–H and O–H groups in total. The predicted octanol–water partition coefficient (Wildman–Crippen LogP) is 6.44. The highest BCUT2D eigenvalue weighted by atomic mass is 79.9. The Morgan fingerprint density at radius 3 is 2.41 bits per heavy atom. The number of aryl methyl sites for hydroxylation is 2. The lowest BCUT2D eigenvalue weighted by Gasteiger charge is -2.23. The number of nitrogens with zero attached hydrogens (tertiary/aromatic N) is 2. The molecule has 0 saturated carbocycles. The molecule has 5 nitrogen and oxygen atoms in total. The lowest BCUT2D eigenvalue weighted by atomic mass is 9.95. The van der Waals surface area contributed by atoms with Gasteiger partial charge in [0.05, 0.1) is 21.8 Å². The van der Waals surface area contributed by atoms with Gasteiger partial charge in [-0.3, -0.25) is 14.5 Å². The van der Waals surface area contributed by atoms with Crippen LogP contribution in [0, 0.1) is 19.7 Å². The number of aromatic nitrogens is 1. The predicted molar refractivity (Wildman–Crippen MR) is 134 cm³/mol. The molecule has 2 heterocycles. The molecule has 0 spiro atoms. The van der Waals surface area contributed by atoms with Gasteiger partial charge in [0.1, 0.15) is 11.6 Å². The van der Waals surface area contributed by atoms with Gasteiger partial charge in [-0.15, -0.1) is 0 Å². The summed E-state index contributed by atoms with van der Waals surface area (Å²) in [5.74, 6) is -2.42. The van der Waals surface area contributed by atoms with Crippen LogP contribution in [-0.2, 0) is 9.59 Å². The number of amides is 1. The zero-order chi connectivity index (χ0) is 24.1. The Kier molecular flexibility index (Phi) is 5.58. The molecule has 170 valence electrons. The molecule has 1 aromatic heterocycles. The van der Waals surface area contributed by atoms with E-state index in [1.54, 1.807) is 24.3 Å². The maximum atomic E-state index is 13.5. The van der Waals surface area contributed by atoms with E-state index in [4.69, 9.17) is 4.98 Å². The van der Waals surface area contributed by atoms with Gasteiger partial charge in [0.2, 0.25) is 0 Å². The zero-order valence-electron chi connectivity index (χ0n) is 18.2. The second-order valence-corrected chi connectivity index (χ2v) is 10.1. The molecule has 1 fully saturated rings. The fourth-order valence-electron chi connectivity index (χ4n) is 4.22. The van der Waals surface area contributed by atoms with Crippen LogP contribution >= 0.6 is 27.3 Å². The molecule has 1 saturated heterocycles. The third kappa shape index (κ3) is 3.73. The molecule has 1 aliphatic rings. The summed E-state index contributed by atoms with van der Waals surface area (Å²) in [6, 6.07) is 15.4. The Bertz CT molecular complexity index is 1490. The van der Waals surface area contributed by atoms with Crippen molar-refractivity contribution >= 4 is 60.1 Å². The van der Waals surface area contributed by atoms with Gasteiger partial charge in [0.15, 0.2) is 5.13 Å². The van der Waals surface area contributed by atoms with E-state index in [2.05, 4.69) is 15.9 Å². The molecule has 0 radical (unpaired) electrons. The first kappa shape index (κ1) is 22.4. The Morgan fingerprint density at radius 1 is 1.06 bits per heavy atom. The van der Waals surface area contributed by atoms with Crippen LogP contribution in [-0.4, -0.2) is 21.8 Å². The number of aliphatic hydroxyl groups excluding tert-OH is 1. The van der Waals surface area contributed by atoms with Crippen molar-refractivity contribution in [2.75, 3.05) is 4.90 Å². The van der Waals surface area contributed by atoms with E-state index in [1.165, 1.54) is 40.5 Å². The van der Waals surface area contributed by atoms with Gasteiger partial charge in [-0.05, 0) is 73.0 Å². The van der Waals surface area contributed by atoms with Crippen molar-refractivity contribution in [3.8, 4) is 0 Å². The van der Waals surface area contributed by atoms with Gasteiger partial charge in [-0.2, -0.15) is 0 Å². The number of carbonyl (C=O) groups is 2. The highest BCUT2D eigenvalue weighted by Gasteiger charge is 2.48. The first-order valence-electron chi connectivity index (χ1n) is 10.4. The Balaban J connectivity index is 1.74. The van der Waals surface area contributed by atoms with Crippen LogP contribution in [0.3, 0.4) is 0 Å². The number of anilines is 1. The van der Waals surface area contributed by atoms with Gasteiger partial charge < -0.3 is 5.11 Å². The van der Waals surface area contributed by atoms with Gasteiger partial charge in [-0.25, -0.2) is 9.37 Å². The molecular weight excluding hydrogens is 519 g/mol. The Morgan fingerprint density at radius 2 is 1.74 bits per heavy atom. The summed E-state index contributed by atoms with van der Waals surface area (Å²) in [4.78, 5) is 32.6. The molecule has 1 atom stereocenters. The smallest absolute Gasteiger partial charge is 0.301 e. The number of Topliss-reactive ketones (excluding diaryl/α,β-unsaturated/α-hetero) is 1. The first-order valence-corrected chi connectivity index (χ1v) is 12.1. The van der Waals surface area contributed by atoms with Crippen molar-refractivity contribution in [1.82, 2.24) is 4.98 Å². The van der Waals surface area contributed by atoms with Crippen LogP contribution in [0.5, 0.6) is 0 Å². The maximum Gasteiger partial charge on any atom is 0.301 e. The second kappa shape index (κ2) is 8.45. The summed E-state index contributed by atoms with van der Waals surface area (Å²) >= 11 is 4.73. The van der Waals surface area contributed by atoms with Crippen molar-refractivity contribution < 1.29 is 19.1 Å². The SMILES string of the molecule is Cc1cc(C)c2nc(N3C(=O)C(=O)C(=C(O)c4ccc(F)cc4)C3c3ccc(Br)cc3)sc2c1. The quantitative estimate of drug-likeness (QED) is 0.186. The lowest BCUT2D eigenvalue weighted by molar-refractivity contribution is -0.132. The first-order chi connectivity index (χ1) is 16.2. The number of fused-ring (bicyclic) bond motifs is 1. The summed E-state index contributed by atoms with van der Waals surface area (Å²) in [6.07, 6.45) is 0. The number of aliphatic hydroxyl groups is 1. The molecule has 4 aromatic rings. The van der Waals surface area contributed by atoms with Crippen molar-refractivity contribution in [2.24, 2.45) is 0 Å². The standard InChI is InChI=1S/C26H18BrFN2O3S/c1-13-11-14(2)21-19(12-13)34-26(29-21)30-22(15-3-7-17(27)8-4-15)20(24(32)25(30)33)23(31)16-5-9-18(28)10-6-16/h3-12,22,31H,1-2H3. The highest BCUT2D eigenvalue weighted by molar-refractivity contribution is 9.10. The van der Waals surface area contributed by atoms with E-state index < -0.39 is 23.5 Å². The highest BCUT2D eigenvalue weighted by Crippen LogP contribution is 2.44. The molecule has 0 bridgehead atoms. The van der Waals surface area contributed by atoms with Crippen molar-refractivity contribution in [2.45, 2.75) is 19.9 Å². The number of rotatable bonds is 3. The van der Waals surface area contributed by atoms with Gasteiger partial charge >= 0.3 is 5.91 Å². The minimum absolute atomic E-state index is 0.0638. The molecule has 0 aliphatic carbocycles. The lowest BCUT2D eigenvalue weighted by Crippen LogP contribution is -2.29. The average molecular weight is 537 g/mol. The van der Waals surface area contributed by atoms with Crippen LogP contribution in [0.15, 0.2) is 70.7 Å². The summed E-state index contributed by atoms with van der Waals surface area (Å²) in [7, 11) is 0. The van der Waals surface area contributed by atoms with Crippen molar-refractivity contribution in [3.63, 3.8) is 0 Å². The molecule has 3 aromatic carbocycles. The molecule has 1 unspecified atom stereocenters. The van der Waals surface area contributed by atoms with Crippen LogP contribution in [0.25, 0.3) is 16.0 Å². The van der Waals surface area contributed by atoms with E-state index in [0.29, 0.717) is 10.7 Å². The fourth-order valence-corrected chi connectivity index (χ4v) is 5.65. The maximum absolute atomic E-state index is 13.5. The number of hydrogen-bond donors (Lipinski definition) is 1. The number of thiazole rings is 1. The number of carbonyl (C=O) groups excluding carboxylic acids is 2. The molecule has 5 rings (SSSR count). The summed E-state index contributed by atoms with van der Waals surface area (Å²) in [5.41, 5.74) is 3.63. The van der Waals surface area contributed by atoms with E-state index >= 15 is 0 Å². The normalized spacial score (nSPS) is 17.6. The minimum atomic E-state index is -0.889. The van der Waals surface area contributed by atoms with E-state index in [-0.39, 0.29) is 16.9 Å².